The highest BCUT2D eigenvalue weighted by molar-refractivity contribution is 9.11. The molecule has 1 heterocycles. The second kappa shape index (κ2) is 7.60. The molecule has 0 radical (unpaired) electrons. The zero-order valence-electron chi connectivity index (χ0n) is 12.1. The summed E-state index contributed by atoms with van der Waals surface area (Å²) in [5.41, 5.74) is 4.20. The van der Waals surface area contributed by atoms with Crippen LogP contribution >= 0.6 is 31.9 Å². The maximum Gasteiger partial charge on any atom is 0.245 e. The second-order valence-electron chi connectivity index (χ2n) is 4.59. The predicted octanol–water partition coefficient (Wildman–Crippen LogP) is 3.25. The van der Waals surface area contributed by atoms with Crippen molar-refractivity contribution in [1.82, 2.24) is 9.99 Å². The molecule has 0 fully saturated rings. The Hall–Kier alpha value is -1.60. The average molecular weight is 429 g/mol. The van der Waals surface area contributed by atoms with Crippen molar-refractivity contribution in [2.24, 2.45) is 12.1 Å². The van der Waals surface area contributed by atoms with Crippen molar-refractivity contribution < 1.29 is 9.53 Å². The SMILES string of the molecule is COc1c(Br)cc(Br)cc1C=NNC(=O)Cc1cccn1C. The summed E-state index contributed by atoms with van der Waals surface area (Å²) in [6, 6.07) is 7.54. The van der Waals surface area contributed by atoms with E-state index in [1.165, 1.54) is 0 Å². The van der Waals surface area contributed by atoms with Crippen molar-refractivity contribution in [1.29, 1.82) is 0 Å². The zero-order chi connectivity index (χ0) is 16.1. The van der Waals surface area contributed by atoms with Crippen LogP contribution in [0.2, 0.25) is 0 Å². The van der Waals surface area contributed by atoms with E-state index < -0.39 is 0 Å². The van der Waals surface area contributed by atoms with E-state index in [-0.39, 0.29) is 12.3 Å². The fourth-order valence-electron chi connectivity index (χ4n) is 1.95. The number of rotatable bonds is 5. The standard InChI is InChI=1S/C15H15Br2N3O2/c1-20-5-3-4-12(20)8-14(21)19-18-9-10-6-11(16)7-13(17)15(10)22-2/h3-7,9H,8H2,1-2H3,(H,19,21). The second-order valence-corrected chi connectivity index (χ2v) is 6.36. The first-order valence-corrected chi connectivity index (χ1v) is 8.05. The number of methoxy groups -OCH3 is 1. The summed E-state index contributed by atoms with van der Waals surface area (Å²) < 4.78 is 8.91. The van der Waals surface area contributed by atoms with Crippen LogP contribution in [-0.2, 0) is 18.3 Å². The Kier molecular flexibility index (Phi) is 5.79. The van der Waals surface area contributed by atoms with Gasteiger partial charge in [-0.15, -0.1) is 0 Å². The third-order valence-electron chi connectivity index (χ3n) is 3.03. The van der Waals surface area contributed by atoms with E-state index in [2.05, 4.69) is 42.4 Å². The number of hydrazone groups is 1. The van der Waals surface area contributed by atoms with Gasteiger partial charge in [0.1, 0.15) is 5.75 Å². The highest BCUT2D eigenvalue weighted by atomic mass is 79.9. The molecule has 0 aliphatic rings. The number of ether oxygens (including phenoxy) is 1. The van der Waals surface area contributed by atoms with E-state index in [9.17, 15) is 4.79 Å². The molecule has 2 aromatic rings. The van der Waals surface area contributed by atoms with Gasteiger partial charge in [-0.25, -0.2) is 5.43 Å². The summed E-state index contributed by atoms with van der Waals surface area (Å²) in [6.45, 7) is 0. The number of amides is 1. The molecule has 0 atom stereocenters. The van der Waals surface area contributed by atoms with E-state index in [1.807, 2.05) is 42.1 Å². The van der Waals surface area contributed by atoms with Crippen LogP contribution < -0.4 is 10.2 Å². The number of nitrogens with zero attached hydrogens (tertiary/aromatic N) is 2. The molecule has 116 valence electrons. The maximum atomic E-state index is 11.9. The van der Waals surface area contributed by atoms with Gasteiger partial charge in [-0.3, -0.25) is 4.79 Å². The number of nitrogens with one attached hydrogen (secondary N) is 1. The Morgan fingerprint density at radius 2 is 2.23 bits per heavy atom. The lowest BCUT2D eigenvalue weighted by Crippen LogP contribution is -2.20. The smallest absolute Gasteiger partial charge is 0.245 e. The van der Waals surface area contributed by atoms with E-state index in [0.717, 1.165) is 20.2 Å². The minimum atomic E-state index is -0.175. The van der Waals surface area contributed by atoms with Gasteiger partial charge >= 0.3 is 0 Å². The Morgan fingerprint density at radius 3 is 2.86 bits per heavy atom. The quantitative estimate of drug-likeness (QED) is 0.587. The minimum Gasteiger partial charge on any atom is -0.495 e. The molecule has 0 unspecified atom stereocenters. The van der Waals surface area contributed by atoms with Gasteiger partial charge < -0.3 is 9.30 Å². The van der Waals surface area contributed by atoms with Gasteiger partial charge in [0.25, 0.3) is 0 Å². The molecule has 0 aliphatic heterocycles. The fourth-order valence-corrected chi connectivity index (χ4v) is 3.37. The molecule has 22 heavy (non-hydrogen) atoms. The molecular formula is C15H15Br2N3O2. The number of carbonyl (C=O) groups excluding carboxylic acids is 1. The van der Waals surface area contributed by atoms with Gasteiger partial charge in [-0.2, -0.15) is 5.10 Å². The van der Waals surface area contributed by atoms with Gasteiger partial charge in [-0.1, -0.05) is 15.9 Å². The molecule has 1 N–H and O–H groups in total. The largest absolute Gasteiger partial charge is 0.495 e. The van der Waals surface area contributed by atoms with Crippen LogP contribution in [0.3, 0.4) is 0 Å². The van der Waals surface area contributed by atoms with Crippen LogP contribution in [0, 0.1) is 0 Å². The van der Waals surface area contributed by atoms with Gasteiger partial charge in [0.2, 0.25) is 5.91 Å². The topological polar surface area (TPSA) is 55.6 Å². The number of hydrogen-bond acceptors (Lipinski definition) is 3. The molecule has 0 spiro atoms. The normalized spacial score (nSPS) is 10.9. The third-order valence-corrected chi connectivity index (χ3v) is 4.07. The highest BCUT2D eigenvalue weighted by Gasteiger charge is 2.08. The molecule has 2 rings (SSSR count). The molecule has 1 aromatic carbocycles. The molecule has 5 nitrogen and oxygen atoms in total. The number of carbonyl (C=O) groups is 1. The average Bonchev–Trinajstić information content (AvgIpc) is 2.84. The van der Waals surface area contributed by atoms with Crippen LogP contribution in [0.25, 0.3) is 0 Å². The number of aryl methyl sites for hydroxylation is 1. The maximum absolute atomic E-state index is 11.9. The molecule has 0 saturated carbocycles. The third kappa shape index (κ3) is 4.20. The Balaban J connectivity index is 2.03. The summed E-state index contributed by atoms with van der Waals surface area (Å²) >= 11 is 6.83. The first kappa shape index (κ1) is 16.8. The number of halogens is 2. The summed E-state index contributed by atoms with van der Waals surface area (Å²) in [7, 11) is 3.48. The first-order valence-electron chi connectivity index (χ1n) is 6.46. The molecule has 7 heteroatoms. The van der Waals surface area contributed by atoms with Gasteiger partial charge in [0.15, 0.2) is 0 Å². The lowest BCUT2D eigenvalue weighted by molar-refractivity contribution is -0.120. The Bertz CT molecular complexity index is 711. The van der Waals surface area contributed by atoms with Crippen LogP contribution in [0.15, 0.2) is 44.5 Å². The summed E-state index contributed by atoms with van der Waals surface area (Å²) in [6.07, 6.45) is 3.73. The first-order chi connectivity index (χ1) is 10.5. The number of hydrogen-bond donors (Lipinski definition) is 1. The summed E-state index contributed by atoms with van der Waals surface area (Å²) in [5, 5.41) is 3.99. The monoisotopic (exact) mass is 427 g/mol. The van der Waals surface area contributed by atoms with Crippen molar-refractivity contribution in [2.75, 3.05) is 7.11 Å². The van der Waals surface area contributed by atoms with E-state index in [0.29, 0.717) is 5.75 Å². The van der Waals surface area contributed by atoms with Crippen molar-refractivity contribution >= 4 is 44.0 Å². The van der Waals surface area contributed by atoms with Crippen LogP contribution in [0.4, 0.5) is 0 Å². The molecule has 0 saturated heterocycles. The van der Waals surface area contributed by atoms with Crippen LogP contribution in [0.1, 0.15) is 11.3 Å². The predicted molar refractivity (Wildman–Crippen MR) is 93.2 cm³/mol. The summed E-state index contributed by atoms with van der Waals surface area (Å²) in [4.78, 5) is 11.9. The minimum absolute atomic E-state index is 0.175. The lowest BCUT2D eigenvalue weighted by Gasteiger charge is -2.08. The van der Waals surface area contributed by atoms with Crippen molar-refractivity contribution in [3.05, 3.63) is 50.7 Å². The Morgan fingerprint density at radius 1 is 1.45 bits per heavy atom. The van der Waals surface area contributed by atoms with E-state index in [4.69, 9.17) is 4.74 Å². The zero-order valence-corrected chi connectivity index (χ0v) is 15.3. The van der Waals surface area contributed by atoms with Crippen molar-refractivity contribution in [2.45, 2.75) is 6.42 Å². The van der Waals surface area contributed by atoms with Crippen molar-refractivity contribution in [3.8, 4) is 5.75 Å². The van der Waals surface area contributed by atoms with E-state index >= 15 is 0 Å². The molecule has 0 aliphatic carbocycles. The molecule has 0 bridgehead atoms. The summed E-state index contributed by atoms with van der Waals surface area (Å²) in [5.74, 6) is 0.481. The highest BCUT2D eigenvalue weighted by Crippen LogP contribution is 2.31. The van der Waals surface area contributed by atoms with Crippen LogP contribution in [-0.4, -0.2) is 23.8 Å². The van der Waals surface area contributed by atoms with E-state index in [1.54, 1.807) is 13.3 Å². The molecular weight excluding hydrogens is 414 g/mol. The molecule has 1 amide bonds. The van der Waals surface area contributed by atoms with Gasteiger partial charge in [0.05, 0.1) is 24.2 Å². The lowest BCUT2D eigenvalue weighted by atomic mass is 10.2. The van der Waals surface area contributed by atoms with Crippen molar-refractivity contribution in [3.63, 3.8) is 0 Å². The van der Waals surface area contributed by atoms with Crippen LogP contribution in [0.5, 0.6) is 5.75 Å². The van der Waals surface area contributed by atoms with Gasteiger partial charge in [0, 0.05) is 29.0 Å². The number of benzene rings is 1. The van der Waals surface area contributed by atoms with Gasteiger partial charge in [-0.05, 0) is 40.2 Å². The molecule has 1 aromatic heterocycles. The fraction of sp³-hybridized carbons (Fsp3) is 0.200. The Labute approximate surface area is 145 Å². The number of aromatic nitrogens is 1.